The molecule has 0 unspecified atom stereocenters. The molecule has 0 amide bonds. The van der Waals surface area contributed by atoms with Crippen molar-refractivity contribution in [3.05, 3.63) is 48.1 Å². The smallest absolute Gasteiger partial charge is 0.152 e. The number of Topliss-reactive ketones (excluding diaryl/α,β-unsaturated/α-hetero) is 2. The van der Waals surface area contributed by atoms with Crippen molar-refractivity contribution in [2.75, 3.05) is 7.11 Å². The molecule has 0 bridgehead atoms. The molecule has 1 aromatic carbocycles. The lowest BCUT2D eigenvalue weighted by Crippen LogP contribution is -1.87. The summed E-state index contributed by atoms with van der Waals surface area (Å²) in [6.07, 6.45) is 3.80. The van der Waals surface area contributed by atoms with Gasteiger partial charge >= 0.3 is 0 Å². The predicted octanol–water partition coefficient (Wildman–Crippen LogP) is 4.43. The lowest BCUT2D eigenvalue weighted by Gasteiger charge is -2.02. The van der Waals surface area contributed by atoms with E-state index in [1.807, 2.05) is 31.2 Å². The van der Waals surface area contributed by atoms with Crippen LogP contribution in [0.15, 0.2) is 42.5 Å². The molecule has 0 N–H and O–H groups in total. The molecule has 0 heterocycles. The fourth-order valence-corrected chi connectivity index (χ4v) is 1.44. The number of ether oxygens (including phenoxy) is 1. The first-order valence-corrected chi connectivity index (χ1v) is 7.52. The molecule has 0 radical (unpaired) electrons. The highest BCUT2D eigenvalue weighted by molar-refractivity contribution is 5.91. The molecule has 0 aliphatic heterocycles. The molecular weight excluding hydrogens is 304 g/mol. The Morgan fingerprint density at radius 1 is 1.04 bits per heavy atom. The van der Waals surface area contributed by atoms with Crippen LogP contribution in [0.4, 0.5) is 0 Å². The number of benzene rings is 1. The number of rotatable bonds is 5. The monoisotopic (exact) mass is 332 g/mol. The summed E-state index contributed by atoms with van der Waals surface area (Å²) in [4.78, 5) is 30.3. The van der Waals surface area contributed by atoms with Crippen LogP contribution in [0.5, 0.6) is 5.75 Å². The highest BCUT2D eigenvalue weighted by Gasteiger charge is 1.96. The van der Waals surface area contributed by atoms with Crippen LogP contribution >= 0.6 is 0 Å². The number of para-hydroxylation sites is 1. The van der Waals surface area contributed by atoms with E-state index in [4.69, 9.17) is 4.74 Å². The van der Waals surface area contributed by atoms with Gasteiger partial charge in [0.25, 0.3) is 0 Å². The fraction of sp³-hybridized carbons (Fsp3) is 0.350. The predicted molar refractivity (Wildman–Crippen MR) is 99.2 cm³/mol. The first-order valence-electron chi connectivity index (χ1n) is 7.52. The summed E-state index contributed by atoms with van der Waals surface area (Å²) >= 11 is 0. The van der Waals surface area contributed by atoms with E-state index in [1.165, 1.54) is 26.8 Å². The Morgan fingerprint density at radius 3 is 1.88 bits per heavy atom. The SMILES string of the molecule is C=C(C)CC(C)=O.CC(C)=O.COc1ccccc1/C=C/C(C)=O. The van der Waals surface area contributed by atoms with Crippen molar-refractivity contribution >= 4 is 23.4 Å². The molecule has 0 spiro atoms. The van der Waals surface area contributed by atoms with Gasteiger partial charge in [-0.25, -0.2) is 0 Å². The molecule has 0 aromatic heterocycles. The molecule has 1 aromatic rings. The van der Waals surface area contributed by atoms with E-state index in [2.05, 4.69) is 6.58 Å². The van der Waals surface area contributed by atoms with E-state index in [0.29, 0.717) is 6.42 Å². The molecule has 24 heavy (non-hydrogen) atoms. The van der Waals surface area contributed by atoms with E-state index < -0.39 is 0 Å². The van der Waals surface area contributed by atoms with E-state index >= 15 is 0 Å². The van der Waals surface area contributed by atoms with Gasteiger partial charge in [-0.2, -0.15) is 0 Å². The Kier molecular flexibility index (Phi) is 14.0. The molecule has 0 saturated carbocycles. The van der Waals surface area contributed by atoms with Crippen molar-refractivity contribution in [1.29, 1.82) is 0 Å². The highest BCUT2D eigenvalue weighted by atomic mass is 16.5. The summed E-state index contributed by atoms with van der Waals surface area (Å²) in [6.45, 7) is 11.6. The highest BCUT2D eigenvalue weighted by Crippen LogP contribution is 2.18. The van der Waals surface area contributed by atoms with Crippen molar-refractivity contribution in [2.24, 2.45) is 0 Å². The summed E-state index contributed by atoms with van der Waals surface area (Å²) in [7, 11) is 1.61. The average molecular weight is 332 g/mol. The van der Waals surface area contributed by atoms with Crippen LogP contribution in [0, 0.1) is 0 Å². The van der Waals surface area contributed by atoms with Gasteiger partial charge < -0.3 is 9.53 Å². The molecule has 4 nitrogen and oxygen atoms in total. The quantitative estimate of drug-likeness (QED) is 0.591. The lowest BCUT2D eigenvalue weighted by atomic mass is 10.2. The van der Waals surface area contributed by atoms with Gasteiger partial charge in [0.15, 0.2) is 5.78 Å². The maximum absolute atomic E-state index is 10.7. The number of ketones is 3. The Balaban J connectivity index is 0. The minimum absolute atomic E-state index is 0.0332. The van der Waals surface area contributed by atoms with Crippen molar-refractivity contribution in [3.63, 3.8) is 0 Å². The first kappa shape index (κ1) is 23.8. The molecule has 0 aliphatic rings. The fourth-order valence-electron chi connectivity index (χ4n) is 1.44. The summed E-state index contributed by atoms with van der Waals surface area (Å²) in [5.74, 6) is 1.17. The Labute approximate surface area is 145 Å². The zero-order chi connectivity index (χ0) is 19.1. The van der Waals surface area contributed by atoms with Gasteiger partial charge in [0, 0.05) is 12.0 Å². The minimum Gasteiger partial charge on any atom is -0.496 e. The van der Waals surface area contributed by atoms with Crippen molar-refractivity contribution in [2.45, 2.75) is 41.0 Å². The maximum Gasteiger partial charge on any atom is 0.152 e. The van der Waals surface area contributed by atoms with Crippen LogP contribution < -0.4 is 4.74 Å². The van der Waals surface area contributed by atoms with Crippen molar-refractivity contribution in [3.8, 4) is 5.75 Å². The number of carbonyl (C=O) groups excluding carboxylic acids is 3. The molecule has 4 heteroatoms. The largest absolute Gasteiger partial charge is 0.496 e. The standard InChI is InChI=1S/C11H12O2.C6H10O.C3H6O/c1-9(12)7-8-10-5-3-4-6-11(10)13-2;1-5(2)4-6(3)7;1-3(2)4/h3-8H,1-2H3;1,4H2,2-3H3;1-2H3/b8-7+;;. The third-order valence-corrected chi connectivity index (χ3v) is 2.19. The second kappa shape index (κ2) is 14.1. The van der Waals surface area contributed by atoms with Crippen LogP contribution in [-0.4, -0.2) is 24.5 Å². The van der Waals surface area contributed by atoms with Crippen LogP contribution in [0.3, 0.4) is 0 Å². The second-order valence-electron chi connectivity index (χ2n) is 5.43. The van der Waals surface area contributed by atoms with Gasteiger partial charge in [-0.05, 0) is 52.8 Å². The number of allylic oxidation sites excluding steroid dienone is 2. The van der Waals surface area contributed by atoms with Gasteiger partial charge in [-0.3, -0.25) is 9.59 Å². The zero-order valence-corrected chi connectivity index (χ0v) is 15.5. The van der Waals surface area contributed by atoms with Gasteiger partial charge in [-0.1, -0.05) is 30.4 Å². The molecule has 132 valence electrons. The summed E-state index contributed by atoms with van der Waals surface area (Å²) in [5, 5.41) is 0. The number of hydrogen-bond acceptors (Lipinski definition) is 4. The third-order valence-electron chi connectivity index (χ3n) is 2.19. The van der Waals surface area contributed by atoms with Gasteiger partial charge in [0.2, 0.25) is 0 Å². The topological polar surface area (TPSA) is 60.4 Å². The molecule has 0 atom stereocenters. The molecular formula is C20H28O4. The first-order chi connectivity index (χ1) is 11.1. The van der Waals surface area contributed by atoms with E-state index in [9.17, 15) is 14.4 Å². The zero-order valence-electron chi connectivity index (χ0n) is 15.5. The minimum atomic E-state index is 0.0332. The van der Waals surface area contributed by atoms with Crippen molar-refractivity contribution in [1.82, 2.24) is 0 Å². The van der Waals surface area contributed by atoms with E-state index in [0.717, 1.165) is 16.9 Å². The molecule has 0 fully saturated rings. The molecule has 0 saturated heterocycles. The molecule has 0 aliphatic carbocycles. The average Bonchev–Trinajstić information content (AvgIpc) is 2.44. The second-order valence-corrected chi connectivity index (χ2v) is 5.43. The van der Waals surface area contributed by atoms with Gasteiger partial charge in [-0.15, -0.1) is 0 Å². The number of carbonyl (C=O) groups is 3. The van der Waals surface area contributed by atoms with E-state index in [1.54, 1.807) is 20.1 Å². The van der Waals surface area contributed by atoms with Gasteiger partial charge in [0.05, 0.1) is 7.11 Å². The summed E-state index contributed by atoms with van der Waals surface area (Å²) in [6, 6.07) is 7.56. The van der Waals surface area contributed by atoms with Crippen LogP contribution in [0.25, 0.3) is 6.08 Å². The number of hydrogen-bond donors (Lipinski definition) is 0. The Bertz CT molecular complexity index is 567. The Hall–Kier alpha value is -2.49. The number of methoxy groups -OCH3 is 1. The summed E-state index contributed by atoms with van der Waals surface area (Å²) in [5.41, 5.74) is 1.85. The van der Waals surface area contributed by atoms with Crippen LogP contribution in [0.2, 0.25) is 0 Å². The van der Waals surface area contributed by atoms with Crippen molar-refractivity contribution < 1.29 is 19.1 Å². The van der Waals surface area contributed by atoms with Crippen LogP contribution in [-0.2, 0) is 14.4 Å². The normalized spacial score (nSPS) is 9.08. The maximum atomic E-state index is 10.7. The van der Waals surface area contributed by atoms with Gasteiger partial charge in [0.1, 0.15) is 17.3 Å². The molecule has 1 rings (SSSR count). The van der Waals surface area contributed by atoms with Crippen LogP contribution in [0.1, 0.15) is 46.6 Å². The van der Waals surface area contributed by atoms with E-state index in [-0.39, 0.29) is 17.3 Å². The summed E-state index contributed by atoms with van der Waals surface area (Å²) < 4.78 is 5.12. The Morgan fingerprint density at radius 2 is 1.54 bits per heavy atom. The third kappa shape index (κ3) is 17.6. The lowest BCUT2D eigenvalue weighted by molar-refractivity contribution is -0.116.